The Morgan fingerprint density at radius 2 is 2.19 bits per heavy atom. The lowest BCUT2D eigenvalue weighted by molar-refractivity contribution is 0.209. The summed E-state index contributed by atoms with van der Waals surface area (Å²) in [7, 11) is 4.03. The molecule has 21 heavy (non-hydrogen) atoms. The highest BCUT2D eigenvalue weighted by Gasteiger charge is 2.23. The molecule has 1 saturated heterocycles. The molecule has 0 spiro atoms. The third kappa shape index (κ3) is 2.91. The van der Waals surface area contributed by atoms with E-state index in [1.54, 1.807) is 6.20 Å². The lowest BCUT2D eigenvalue weighted by Gasteiger charge is -2.18. The maximum Gasteiger partial charge on any atom is 0.129 e. The molecule has 3 rings (SSSR count). The minimum absolute atomic E-state index is 0.226. The number of anilines is 1. The molecule has 0 radical (unpaired) electrons. The molecule has 5 nitrogen and oxygen atoms in total. The number of ether oxygens (including phenoxy) is 1. The number of benzene rings is 1. The van der Waals surface area contributed by atoms with Gasteiger partial charge in [0.05, 0.1) is 16.4 Å². The molecule has 6 heteroatoms. The molecule has 0 unspecified atom stereocenters. The minimum Gasteiger partial charge on any atom is -0.488 e. The fraction of sp³-hybridized carbons (Fsp3) is 0.400. The van der Waals surface area contributed by atoms with E-state index in [0.29, 0.717) is 5.69 Å². The second kappa shape index (κ2) is 5.69. The van der Waals surface area contributed by atoms with Crippen LogP contribution in [0.2, 0.25) is 0 Å². The van der Waals surface area contributed by atoms with Crippen LogP contribution in [-0.4, -0.2) is 40.9 Å². The van der Waals surface area contributed by atoms with Gasteiger partial charge in [0.25, 0.3) is 0 Å². The molecule has 1 atom stereocenters. The van der Waals surface area contributed by atoms with Crippen molar-refractivity contribution in [2.75, 3.05) is 25.9 Å². The number of likely N-dealkylation sites (tertiary alicyclic amines) is 1. The van der Waals surface area contributed by atoms with Crippen LogP contribution in [0.4, 0.5) is 5.69 Å². The first-order valence-corrected chi connectivity index (χ1v) is 7.76. The molecule has 0 amide bonds. The van der Waals surface area contributed by atoms with E-state index in [1.165, 1.54) is 0 Å². The summed E-state index contributed by atoms with van der Waals surface area (Å²) in [5.41, 5.74) is 8.62. The first-order chi connectivity index (χ1) is 10.0. The number of likely N-dealkylation sites (N-methyl/N-ethyl adjacent to an activating group) is 1. The second-order valence-corrected chi connectivity index (χ2v) is 6.37. The topological polar surface area (TPSA) is 56.3 Å². The Bertz CT molecular complexity index is 636. The van der Waals surface area contributed by atoms with Gasteiger partial charge in [0, 0.05) is 31.4 Å². The Kier molecular flexibility index (Phi) is 3.91. The zero-order chi connectivity index (χ0) is 15.0. The number of hydrogen-bond donors (Lipinski definition) is 1. The van der Waals surface area contributed by atoms with Crippen LogP contribution in [-0.2, 0) is 7.05 Å². The second-order valence-electron chi connectivity index (χ2n) is 5.51. The molecule has 1 aromatic heterocycles. The molecule has 2 N–H and O–H groups in total. The van der Waals surface area contributed by atoms with Crippen LogP contribution in [0.25, 0.3) is 11.3 Å². The molecule has 2 heterocycles. The van der Waals surface area contributed by atoms with E-state index in [0.717, 1.165) is 41.0 Å². The summed E-state index contributed by atoms with van der Waals surface area (Å²) < 4.78 is 8.97. The number of aromatic nitrogens is 2. The van der Waals surface area contributed by atoms with Crippen molar-refractivity contribution in [3.05, 3.63) is 28.9 Å². The van der Waals surface area contributed by atoms with Gasteiger partial charge in [0.15, 0.2) is 0 Å². The number of nitrogens with zero attached hydrogens (tertiary/aromatic N) is 3. The first kappa shape index (κ1) is 14.4. The molecule has 1 fully saturated rings. The summed E-state index contributed by atoms with van der Waals surface area (Å²) in [6.07, 6.45) is 3.06. The Morgan fingerprint density at radius 3 is 2.81 bits per heavy atom. The minimum atomic E-state index is 0.226. The predicted molar refractivity (Wildman–Crippen MR) is 87.3 cm³/mol. The SMILES string of the molecule is CN1CC[C@@H](Oc2ccc(N)cc2-c2c(Br)cnn2C)C1. The van der Waals surface area contributed by atoms with E-state index in [4.69, 9.17) is 10.5 Å². The Labute approximate surface area is 132 Å². The van der Waals surface area contributed by atoms with Gasteiger partial charge in [0.2, 0.25) is 0 Å². The number of nitrogen functional groups attached to an aromatic ring is 1. The quantitative estimate of drug-likeness (QED) is 0.864. The van der Waals surface area contributed by atoms with Crippen molar-refractivity contribution in [2.24, 2.45) is 7.05 Å². The van der Waals surface area contributed by atoms with Crippen LogP contribution < -0.4 is 10.5 Å². The number of nitrogens with two attached hydrogens (primary N) is 1. The zero-order valence-corrected chi connectivity index (χ0v) is 13.8. The van der Waals surface area contributed by atoms with Crippen molar-refractivity contribution < 1.29 is 4.74 Å². The lowest BCUT2D eigenvalue weighted by Crippen LogP contribution is -2.21. The average molecular weight is 351 g/mol. The van der Waals surface area contributed by atoms with Crippen molar-refractivity contribution in [3.63, 3.8) is 0 Å². The third-order valence-corrected chi connectivity index (χ3v) is 4.37. The number of rotatable bonds is 3. The van der Waals surface area contributed by atoms with Crippen LogP contribution in [0.5, 0.6) is 5.75 Å². The fourth-order valence-electron chi connectivity index (χ4n) is 2.72. The van der Waals surface area contributed by atoms with Gasteiger partial charge in [-0.25, -0.2) is 0 Å². The van der Waals surface area contributed by atoms with Gasteiger partial charge in [-0.3, -0.25) is 4.68 Å². The van der Waals surface area contributed by atoms with E-state index in [9.17, 15) is 0 Å². The van der Waals surface area contributed by atoms with E-state index in [2.05, 4.69) is 33.0 Å². The summed E-state index contributed by atoms with van der Waals surface area (Å²) in [5.74, 6) is 0.855. The highest BCUT2D eigenvalue weighted by molar-refractivity contribution is 9.10. The van der Waals surface area contributed by atoms with Crippen molar-refractivity contribution in [2.45, 2.75) is 12.5 Å². The smallest absolute Gasteiger partial charge is 0.129 e. The molecule has 1 aliphatic heterocycles. The molecule has 0 aliphatic carbocycles. The lowest BCUT2D eigenvalue weighted by atomic mass is 10.1. The van der Waals surface area contributed by atoms with Crippen molar-refractivity contribution >= 4 is 21.6 Å². The van der Waals surface area contributed by atoms with Crippen molar-refractivity contribution in [3.8, 4) is 17.0 Å². The summed E-state index contributed by atoms with van der Waals surface area (Å²) >= 11 is 3.55. The molecule has 0 bridgehead atoms. The van der Waals surface area contributed by atoms with Crippen LogP contribution in [0.15, 0.2) is 28.9 Å². The summed E-state index contributed by atoms with van der Waals surface area (Å²) in [6.45, 7) is 2.03. The number of hydrogen-bond acceptors (Lipinski definition) is 4. The maximum atomic E-state index is 6.21. The van der Waals surface area contributed by atoms with E-state index in [1.807, 2.05) is 29.9 Å². The highest BCUT2D eigenvalue weighted by Crippen LogP contribution is 2.37. The van der Waals surface area contributed by atoms with Gasteiger partial charge in [-0.1, -0.05) is 0 Å². The first-order valence-electron chi connectivity index (χ1n) is 6.97. The largest absolute Gasteiger partial charge is 0.488 e. The number of halogens is 1. The summed E-state index contributed by atoms with van der Waals surface area (Å²) in [4.78, 5) is 2.28. The predicted octanol–water partition coefficient (Wildman–Crippen LogP) is 2.51. The van der Waals surface area contributed by atoms with Gasteiger partial charge in [0.1, 0.15) is 11.9 Å². The molecular weight excluding hydrogens is 332 g/mol. The van der Waals surface area contributed by atoms with E-state index < -0.39 is 0 Å². The van der Waals surface area contributed by atoms with Crippen LogP contribution >= 0.6 is 15.9 Å². The summed E-state index contributed by atoms with van der Waals surface area (Å²) in [5, 5.41) is 4.27. The van der Waals surface area contributed by atoms with Crippen LogP contribution in [0.1, 0.15) is 6.42 Å². The van der Waals surface area contributed by atoms with Crippen LogP contribution in [0, 0.1) is 0 Å². The Hall–Kier alpha value is -1.53. The van der Waals surface area contributed by atoms with Gasteiger partial charge >= 0.3 is 0 Å². The van der Waals surface area contributed by atoms with E-state index >= 15 is 0 Å². The van der Waals surface area contributed by atoms with Crippen molar-refractivity contribution in [1.82, 2.24) is 14.7 Å². The molecule has 1 aliphatic rings. The van der Waals surface area contributed by atoms with Gasteiger partial charge < -0.3 is 15.4 Å². The molecular formula is C15H19BrN4O. The average Bonchev–Trinajstić information content (AvgIpc) is 2.99. The van der Waals surface area contributed by atoms with Crippen LogP contribution in [0.3, 0.4) is 0 Å². The van der Waals surface area contributed by atoms with Crippen molar-refractivity contribution in [1.29, 1.82) is 0 Å². The standard InChI is InChI=1S/C15H19BrN4O/c1-19-6-5-11(9-19)21-14-4-3-10(17)7-12(14)15-13(16)8-18-20(15)2/h3-4,7-8,11H,5-6,9,17H2,1-2H3/t11-/m1/s1. The molecule has 1 aromatic carbocycles. The maximum absolute atomic E-state index is 6.21. The van der Waals surface area contributed by atoms with Gasteiger partial charge in [-0.15, -0.1) is 0 Å². The third-order valence-electron chi connectivity index (χ3n) is 3.79. The summed E-state index contributed by atoms with van der Waals surface area (Å²) in [6, 6.07) is 5.76. The van der Waals surface area contributed by atoms with Gasteiger partial charge in [-0.05, 0) is 47.6 Å². The highest BCUT2D eigenvalue weighted by atomic mass is 79.9. The van der Waals surface area contributed by atoms with E-state index in [-0.39, 0.29) is 6.10 Å². The molecule has 112 valence electrons. The normalized spacial score (nSPS) is 19.1. The molecule has 0 saturated carbocycles. The zero-order valence-electron chi connectivity index (χ0n) is 12.2. The molecule has 2 aromatic rings. The van der Waals surface area contributed by atoms with Gasteiger partial charge in [-0.2, -0.15) is 5.10 Å². The Morgan fingerprint density at radius 1 is 1.38 bits per heavy atom. The number of aryl methyl sites for hydroxylation is 1. The Balaban J connectivity index is 1.97. The fourth-order valence-corrected chi connectivity index (χ4v) is 3.28. The monoisotopic (exact) mass is 350 g/mol.